The molecule has 0 atom stereocenters. The molecular weight excluding hydrogens is 246 g/mol. The third kappa shape index (κ3) is 7.73. The molecule has 100 valence electrons. The number of sulfone groups is 1. The van der Waals surface area contributed by atoms with Gasteiger partial charge in [0.15, 0.2) is 9.84 Å². The van der Waals surface area contributed by atoms with E-state index in [0.717, 1.165) is 12.8 Å². The van der Waals surface area contributed by atoms with Gasteiger partial charge in [-0.25, -0.2) is 8.42 Å². The van der Waals surface area contributed by atoms with Crippen molar-refractivity contribution < 1.29 is 23.1 Å². The second kappa shape index (κ2) is 7.26. The first kappa shape index (κ1) is 15.9. The van der Waals surface area contributed by atoms with Crippen molar-refractivity contribution in [2.75, 3.05) is 25.1 Å². The van der Waals surface area contributed by atoms with Gasteiger partial charge in [-0.3, -0.25) is 9.59 Å². The number of aliphatic carboxylic acids is 1. The highest BCUT2D eigenvalue weighted by atomic mass is 32.2. The predicted molar refractivity (Wildman–Crippen MR) is 63.5 cm³/mol. The van der Waals surface area contributed by atoms with Gasteiger partial charge in [-0.1, -0.05) is 13.3 Å². The van der Waals surface area contributed by atoms with Crippen LogP contribution in [0.1, 0.15) is 26.2 Å². The van der Waals surface area contributed by atoms with Gasteiger partial charge in [0.25, 0.3) is 0 Å². The molecule has 0 aromatic heterocycles. The molecule has 1 N–H and O–H groups in total. The van der Waals surface area contributed by atoms with E-state index in [1.54, 1.807) is 7.05 Å². The molecule has 0 bridgehead atoms. The Morgan fingerprint density at radius 1 is 1.29 bits per heavy atom. The fourth-order valence-corrected chi connectivity index (χ4v) is 2.36. The molecule has 0 rings (SSSR count). The minimum Gasteiger partial charge on any atom is -0.481 e. The average molecular weight is 265 g/mol. The summed E-state index contributed by atoms with van der Waals surface area (Å²) in [6.45, 7) is 2.49. The van der Waals surface area contributed by atoms with Crippen molar-refractivity contribution in [1.29, 1.82) is 0 Å². The maximum absolute atomic E-state index is 11.5. The highest BCUT2D eigenvalue weighted by Crippen LogP contribution is 1.99. The zero-order chi connectivity index (χ0) is 13.5. The molecular formula is C10H19NO5S. The van der Waals surface area contributed by atoms with E-state index in [9.17, 15) is 18.0 Å². The van der Waals surface area contributed by atoms with Crippen LogP contribution in [0, 0.1) is 0 Å². The number of carboxylic acid groups (broad SMARTS) is 1. The Balaban J connectivity index is 4.21. The zero-order valence-corrected chi connectivity index (χ0v) is 11.0. The van der Waals surface area contributed by atoms with Gasteiger partial charge in [0.2, 0.25) is 5.91 Å². The lowest BCUT2D eigenvalue weighted by Crippen LogP contribution is -2.34. The summed E-state index contributed by atoms with van der Waals surface area (Å²) in [6, 6.07) is 0. The quantitative estimate of drug-likeness (QED) is 0.673. The number of unbranched alkanes of at least 4 members (excludes halogenated alkanes) is 1. The van der Waals surface area contributed by atoms with Crippen LogP contribution in [0.4, 0.5) is 0 Å². The molecule has 0 heterocycles. The number of hydrogen-bond donors (Lipinski definition) is 1. The fourth-order valence-electron chi connectivity index (χ4n) is 1.13. The maximum Gasteiger partial charge on any atom is 0.304 e. The van der Waals surface area contributed by atoms with Gasteiger partial charge >= 0.3 is 5.97 Å². The molecule has 1 amide bonds. The summed E-state index contributed by atoms with van der Waals surface area (Å²) >= 11 is 0. The molecule has 0 saturated carbocycles. The third-order valence-corrected chi connectivity index (χ3v) is 3.76. The lowest BCUT2D eigenvalue weighted by atomic mass is 10.3. The van der Waals surface area contributed by atoms with Gasteiger partial charge in [0.05, 0.1) is 12.2 Å². The van der Waals surface area contributed by atoms with Crippen LogP contribution in [-0.4, -0.2) is 55.4 Å². The number of nitrogens with zero attached hydrogens (tertiary/aromatic N) is 1. The van der Waals surface area contributed by atoms with Crippen molar-refractivity contribution in [3.63, 3.8) is 0 Å². The second-order valence-corrected chi connectivity index (χ2v) is 6.09. The van der Waals surface area contributed by atoms with Crippen LogP contribution in [0.3, 0.4) is 0 Å². The monoisotopic (exact) mass is 265 g/mol. The molecule has 0 saturated heterocycles. The van der Waals surface area contributed by atoms with Crippen LogP contribution in [0.25, 0.3) is 0 Å². The first-order valence-electron chi connectivity index (χ1n) is 5.44. The molecule has 0 spiro atoms. The van der Waals surface area contributed by atoms with Gasteiger partial charge in [0.1, 0.15) is 5.75 Å². The van der Waals surface area contributed by atoms with Gasteiger partial charge in [0, 0.05) is 13.6 Å². The van der Waals surface area contributed by atoms with Crippen LogP contribution >= 0.6 is 0 Å². The molecule has 0 aliphatic heterocycles. The summed E-state index contributed by atoms with van der Waals surface area (Å²) < 4.78 is 22.8. The Kier molecular flexibility index (Phi) is 6.79. The molecule has 0 aliphatic rings. The van der Waals surface area contributed by atoms with E-state index in [4.69, 9.17) is 5.11 Å². The molecule has 0 aromatic rings. The first-order valence-corrected chi connectivity index (χ1v) is 7.27. The highest BCUT2D eigenvalue weighted by Gasteiger charge is 2.20. The summed E-state index contributed by atoms with van der Waals surface area (Å²) in [4.78, 5) is 23.1. The Labute approximate surface area is 102 Å². The SMILES string of the molecule is CCCCN(C)C(=O)CS(=O)(=O)CCC(=O)O. The Bertz CT molecular complexity index is 363. The van der Waals surface area contributed by atoms with Crippen LogP contribution in [0.2, 0.25) is 0 Å². The number of carbonyl (C=O) groups excluding carboxylic acids is 1. The number of amides is 1. The van der Waals surface area contributed by atoms with E-state index in [1.165, 1.54) is 4.90 Å². The Hall–Kier alpha value is -1.11. The van der Waals surface area contributed by atoms with E-state index in [2.05, 4.69) is 0 Å². The second-order valence-electron chi connectivity index (χ2n) is 3.90. The Morgan fingerprint density at radius 3 is 2.35 bits per heavy atom. The largest absolute Gasteiger partial charge is 0.481 e. The molecule has 0 aromatic carbocycles. The molecule has 0 radical (unpaired) electrons. The molecule has 0 aliphatic carbocycles. The van der Waals surface area contributed by atoms with E-state index in [0.29, 0.717) is 6.54 Å². The van der Waals surface area contributed by atoms with Gasteiger partial charge < -0.3 is 10.0 Å². The van der Waals surface area contributed by atoms with E-state index >= 15 is 0 Å². The number of hydrogen-bond acceptors (Lipinski definition) is 4. The van der Waals surface area contributed by atoms with E-state index in [1.807, 2.05) is 6.92 Å². The first-order chi connectivity index (χ1) is 7.78. The molecule has 0 fully saturated rings. The summed E-state index contributed by atoms with van der Waals surface area (Å²) in [5.74, 6) is -2.76. The highest BCUT2D eigenvalue weighted by molar-refractivity contribution is 7.92. The number of carbonyl (C=O) groups is 2. The van der Waals surface area contributed by atoms with E-state index < -0.39 is 39.6 Å². The van der Waals surface area contributed by atoms with Crippen molar-refractivity contribution in [3.8, 4) is 0 Å². The molecule has 17 heavy (non-hydrogen) atoms. The smallest absolute Gasteiger partial charge is 0.304 e. The molecule has 0 unspecified atom stereocenters. The van der Waals surface area contributed by atoms with Gasteiger partial charge in [-0.05, 0) is 6.42 Å². The summed E-state index contributed by atoms with van der Waals surface area (Å²) in [7, 11) is -2.07. The number of rotatable bonds is 8. The van der Waals surface area contributed by atoms with Crippen LogP contribution in [-0.2, 0) is 19.4 Å². The van der Waals surface area contributed by atoms with Gasteiger partial charge in [-0.15, -0.1) is 0 Å². The minimum absolute atomic E-state index is 0.464. The standard InChI is InChI=1S/C10H19NO5S/c1-3-4-6-11(2)9(12)8-17(15,16)7-5-10(13)14/h3-8H2,1-2H3,(H,13,14). The topological polar surface area (TPSA) is 91.8 Å². The van der Waals surface area contributed by atoms with E-state index in [-0.39, 0.29) is 0 Å². The normalized spacial score (nSPS) is 11.2. The van der Waals surface area contributed by atoms with Gasteiger partial charge in [-0.2, -0.15) is 0 Å². The lowest BCUT2D eigenvalue weighted by Gasteiger charge is -2.16. The molecule has 6 nitrogen and oxygen atoms in total. The van der Waals surface area contributed by atoms with Crippen molar-refractivity contribution in [3.05, 3.63) is 0 Å². The lowest BCUT2D eigenvalue weighted by molar-refractivity contribution is -0.136. The summed E-state index contributed by atoms with van der Waals surface area (Å²) in [6.07, 6.45) is 1.27. The fraction of sp³-hybridized carbons (Fsp3) is 0.800. The van der Waals surface area contributed by atoms with Crippen molar-refractivity contribution in [2.24, 2.45) is 0 Å². The van der Waals surface area contributed by atoms with Crippen LogP contribution in [0.15, 0.2) is 0 Å². The minimum atomic E-state index is -3.62. The zero-order valence-electron chi connectivity index (χ0n) is 10.2. The van der Waals surface area contributed by atoms with Crippen molar-refractivity contribution in [2.45, 2.75) is 26.2 Å². The predicted octanol–water partition coefficient (Wildman–Crippen LogP) is 0.134. The third-order valence-electron chi connectivity index (χ3n) is 2.24. The molecule has 7 heteroatoms. The average Bonchev–Trinajstić information content (AvgIpc) is 2.22. The maximum atomic E-state index is 11.5. The van der Waals surface area contributed by atoms with Crippen LogP contribution in [0.5, 0.6) is 0 Å². The Morgan fingerprint density at radius 2 is 1.88 bits per heavy atom. The van der Waals surface area contributed by atoms with Crippen LogP contribution < -0.4 is 0 Å². The number of carboxylic acids is 1. The summed E-state index contributed by atoms with van der Waals surface area (Å²) in [5.41, 5.74) is 0. The summed E-state index contributed by atoms with van der Waals surface area (Å²) in [5, 5.41) is 8.38. The van der Waals surface area contributed by atoms with Crippen molar-refractivity contribution in [1.82, 2.24) is 4.90 Å². The van der Waals surface area contributed by atoms with Crippen molar-refractivity contribution >= 4 is 21.7 Å².